The van der Waals surface area contributed by atoms with Crippen molar-refractivity contribution in [2.45, 2.75) is 45.7 Å². The lowest BCUT2D eigenvalue weighted by Crippen LogP contribution is -2.16. The third-order valence-corrected chi connectivity index (χ3v) is 5.59. The lowest BCUT2D eigenvalue weighted by atomic mass is 10.0. The number of rotatable bonds is 10. The van der Waals surface area contributed by atoms with Crippen LogP contribution in [-0.4, -0.2) is 19.0 Å². The van der Waals surface area contributed by atoms with Crippen LogP contribution in [0.2, 0.25) is 0 Å². The lowest BCUT2D eigenvalue weighted by Gasteiger charge is -2.25. The highest BCUT2D eigenvalue weighted by Crippen LogP contribution is 2.61. The molecule has 0 bridgehead atoms. The Morgan fingerprint density at radius 1 is 1.10 bits per heavy atom. The van der Waals surface area contributed by atoms with Crippen LogP contribution < -0.4 is 0 Å². The van der Waals surface area contributed by atoms with Crippen molar-refractivity contribution in [2.75, 3.05) is 13.2 Å². The molecule has 0 heterocycles. The van der Waals surface area contributed by atoms with Crippen LogP contribution >= 0.6 is 7.60 Å². The Morgan fingerprint density at radius 3 is 2.14 bits per heavy atom. The maximum Gasteiger partial charge on any atom is 0.345 e. The summed E-state index contributed by atoms with van der Waals surface area (Å²) < 4.78 is 23.9. The number of benzene rings is 1. The smallest absolute Gasteiger partial charge is 0.308 e. The molecule has 0 aliphatic heterocycles. The maximum absolute atomic E-state index is 13.1. The first-order valence-electron chi connectivity index (χ1n) is 7.55. The van der Waals surface area contributed by atoms with Crippen molar-refractivity contribution in [2.24, 2.45) is 0 Å². The van der Waals surface area contributed by atoms with Gasteiger partial charge in [-0.15, -0.1) is 0 Å². The minimum atomic E-state index is -3.50. The van der Waals surface area contributed by atoms with Crippen molar-refractivity contribution in [1.82, 2.24) is 0 Å². The van der Waals surface area contributed by atoms with Crippen LogP contribution in [-0.2, 0) is 18.4 Å². The number of ketones is 1. The largest absolute Gasteiger partial charge is 0.345 e. The zero-order valence-corrected chi connectivity index (χ0v) is 14.0. The molecule has 1 aromatic rings. The van der Waals surface area contributed by atoms with Crippen LogP contribution in [0, 0.1) is 0 Å². The van der Waals surface area contributed by atoms with E-state index in [0.717, 1.165) is 12.8 Å². The molecular formula is C16H25O4P. The van der Waals surface area contributed by atoms with Crippen molar-refractivity contribution in [1.29, 1.82) is 0 Å². The van der Waals surface area contributed by atoms with Gasteiger partial charge in [0.25, 0.3) is 0 Å². The minimum Gasteiger partial charge on any atom is -0.308 e. The van der Waals surface area contributed by atoms with E-state index in [4.69, 9.17) is 9.05 Å². The summed E-state index contributed by atoms with van der Waals surface area (Å²) in [6.45, 7) is 6.04. The van der Waals surface area contributed by atoms with Crippen LogP contribution in [0.3, 0.4) is 0 Å². The van der Waals surface area contributed by atoms with Gasteiger partial charge in [-0.25, -0.2) is 0 Å². The fourth-order valence-electron chi connectivity index (χ4n) is 2.21. The van der Waals surface area contributed by atoms with E-state index in [1.807, 2.05) is 25.1 Å². The Balaban J connectivity index is 3.16. The summed E-state index contributed by atoms with van der Waals surface area (Å²) in [7, 11) is -3.50. The molecule has 4 nitrogen and oxygen atoms in total. The van der Waals surface area contributed by atoms with Crippen molar-refractivity contribution in [3.63, 3.8) is 0 Å². The number of hydrogen-bond acceptors (Lipinski definition) is 4. The topological polar surface area (TPSA) is 52.6 Å². The van der Waals surface area contributed by atoms with Crippen molar-refractivity contribution < 1.29 is 18.4 Å². The van der Waals surface area contributed by atoms with Crippen LogP contribution in [0.15, 0.2) is 30.3 Å². The zero-order valence-electron chi connectivity index (χ0n) is 13.1. The Labute approximate surface area is 127 Å². The third kappa shape index (κ3) is 5.06. The maximum atomic E-state index is 13.1. The van der Waals surface area contributed by atoms with Crippen LogP contribution in [0.25, 0.3) is 0 Å². The molecule has 1 rings (SSSR count). The molecular weight excluding hydrogens is 287 g/mol. The first kappa shape index (κ1) is 18.1. The zero-order chi connectivity index (χ0) is 15.7. The fourth-order valence-corrected chi connectivity index (χ4v) is 4.33. The second-order valence-electron chi connectivity index (χ2n) is 4.76. The van der Waals surface area contributed by atoms with Gasteiger partial charge in [0.05, 0.1) is 13.2 Å². The van der Waals surface area contributed by atoms with Crippen LogP contribution in [0.1, 0.15) is 51.3 Å². The number of carbonyl (C=O) groups excluding carboxylic acids is 1. The second-order valence-corrected chi connectivity index (χ2v) is 6.87. The van der Waals surface area contributed by atoms with Gasteiger partial charge in [-0.2, -0.15) is 0 Å². The summed E-state index contributed by atoms with van der Waals surface area (Å²) in [5.41, 5.74) is -0.131. The van der Waals surface area contributed by atoms with E-state index in [1.54, 1.807) is 26.0 Å². The normalized spacial score (nSPS) is 13.1. The van der Waals surface area contributed by atoms with E-state index in [2.05, 4.69) is 0 Å². The summed E-state index contributed by atoms with van der Waals surface area (Å²) >= 11 is 0. The van der Waals surface area contributed by atoms with E-state index >= 15 is 0 Å². The minimum absolute atomic E-state index is 0.0757. The molecule has 0 saturated carbocycles. The second kappa shape index (κ2) is 9.14. The molecule has 0 saturated heterocycles. The van der Waals surface area contributed by atoms with E-state index in [0.29, 0.717) is 12.0 Å². The van der Waals surface area contributed by atoms with Gasteiger partial charge in [-0.3, -0.25) is 9.36 Å². The van der Waals surface area contributed by atoms with Gasteiger partial charge in [-0.05, 0) is 25.8 Å². The van der Waals surface area contributed by atoms with Gasteiger partial charge in [0.2, 0.25) is 0 Å². The average Bonchev–Trinajstić information content (AvgIpc) is 2.47. The molecule has 1 unspecified atom stereocenters. The Bertz CT molecular complexity index is 462. The molecule has 0 aromatic heterocycles. The molecule has 0 aliphatic rings. The lowest BCUT2D eigenvalue weighted by molar-refractivity contribution is -0.119. The molecule has 1 aromatic carbocycles. The summed E-state index contributed by atoms with van der Waals surface area (Å²) in [4.78, 5) is 12.6. The number of carbonyl (C=O) groups is 1. The van der Waals surface area contributed by atoms with Crippen molar-refractivity contribution >= 4 is 13.4 Å². The van der Waals surface area contributed by atoms with E-state index in [-0.39, 0.29) is 19.0 Å². The summed E-state index contributed by atoms with van der Waals surface area (Å²) in [5, 5.41) is 0. The molecule has 0 N–H and O–H groups in total. The molecule has 5 heteroatoms. The van der Waals surface area contributed by atoms with E-state index in [1.165, 1.54) is 0 Å². The SMILES string of the molecule is CCCCC(=O)C(c1ccccc1)P(=O)(OCC)OCC. The highest BCUT2D eigenvalue weighted by Gasteiger charge is 2.41. The molecule has 0 spiro atoms. The van der Waals surface area contributed by atoms with Gasteiger partial charge in [0, 0.05) is 6.42 Å². The third-order valence-electron chi connectivity index (χ3n) is 3.13. The Morgan fingerprint density at radius 2 is 1.67 bits per heavy atom. The van der Waals surface area contributed by atoms with Crippen molar-refractivity contribution in [3.8, 4) is 0 Å². The van der Waals surface area contributed by atoms with Gasteiger partial charge >= 0.3 is 7.60 Å². The fraction of sp³-hybridized carbons (Fsp3) is 0.562. The molecule has 0 fully saturated rings. The van der Waals surface area contributed by atoms with E-state index < -0.39 is 13.3 Å². The first-order chi connectivity index (χ1) is 10.1. The Hall–Kier alpha value is -0.960. The van der Waals surface area contributed by atoms with Gasteiger partial charge in [-0.1, -0.05) is 43.7 Å². The summed E-state index contributed by atoms with van der Waals surface area (Å²) in [6, 6.07) is 9.14. The number of Topliss-reactive ketones (excluding diaryl/α,β-unsaturated/α-hetero) is 1. The predicted octanol–water partition coefficient (Wildman–Crippen LogP) is 4.75. The number of unbranched alkanes of at least 4 members (excludes halogenated alkanes) is 1. The standard InChI is InChI=1S/C16H25O4P/c1-4-7-13-15(17)16(14-11-9-8-10-12-14)21(18,19-5-2)20-6-3/h8-12,16H,4-7,13H2,1-3H3. The van der Waals surface area contributed by atoms with Crippen molar-refractivity contribution in [3.05, 3.63) is 35.9 Å². The predicted molar refractivity (Wildman–Crippen MR) is 84.6 cm³/mol. The first-order valence-corrected chi connectivity index (χ1v) is 9.16. The molecule has 118 valence electrons. The Kier molecular flexibility index (Phi) is 7.87. The summed E-state index contributed by atoms with van der Waals surface area (Å²) in [5.74, 6) is -0.0757. The highest BCUT2D eigenvalue weighted by molar-refractivity contribution is 7.55. The average molecular weight is 312 g/mol. The van der Waals surface area contributed by atoms with Gasteiger partial charge in [0.15, 0.2) is 5.78 Å². The van der Waals surface area contributed by atoms with E-state index in [9.17, 15) is 9.36 Å². The van der Waals surface area contributed by atoms with Gasteiger partial charge < -0.3 is 9.05 Å². The molecule has 21 heavy (non-hydrogen) atoms. The van der Waals surface area contributed by atoms with Gasteiger partial charge in [0.1, 0.15) is 5.66 Å². The van der Waals surface area contributed by atoms with Crippen LogP contribution in [0.4, 0.5) is 0 Å². The quantitative estimate of drug-likeness (QED) is 0.585. The molecule has 0 radical (unpaired) electrons. The molecule has 0 aliphatic carbocycles. The molecule has 1 atom stereocenters. The molecule has 0 amide bonds. The monoisotopic (exact) mass is 312 g/mol. The highest BCUT2D eigenvalue weighted by atomic mass is 31.2. The summed E-state index contributed by atoms with van der Waals surface area (Å²) in [6.07, 6.45) is 2.08. The number of hydrogen-bond donors (Lipinski definition) is 0. The van der Waals surface area contributed by atoms with Crippen LogP contribution in [0.5, 0.6) is 0 Å².